The van der Waals surface area contributed by atoms with E-state index in [9.17, 15) is 19.8 Å². The Balaban J connectivity index is 3.50. The third-order valence-corrected chi connectivity index (χ3v) is 14.7. The first kappa shape index (κ1) is 69.1. The quantitative estimate of drug-likeness (QED) is 0.0244. The Labute approximate surface area is 443 Å². The molecule has 0 rings (SSSR count). The van der Waals surface area contributed by atoms with Crippen molar-refractivity contribution < 1.29 is 24.5 Å². The fourth-order valence-corrected chi connectivity index (χ4v) is 9.80. The normalized spacial score (nSPS) is 12.8. The lowest BCUT2D eigenvalue weighted by Gasteiger charge is -2.20. The molecule has 0 aromatic heterocycles. The van der Waals surface area contributed by atoms with Crippen molar-refractivity contribution in [2.24, 2.45) is 0 Å². The molecule has 0 fully saturated rings. The summed E-state index contributed by atoms with van der Waals surface area (Å²) in [7, 11) is 0. The minimum atomic E-state index is -0.852. The first-order valence-corrected chi connectivity index (χ1v) is 31.8. The lowest BCUT2D eigenvalue weighted by Crippen LogP contribution is -2.45. The number of rotatable bonds is 59. The van der Waals surface area contributed by atoms with Gasteiger partial charge in [-0.3, -0.25) is 9.59 Å². The molecule has 0 saturated carbocycles. The van der Waals surface area contributed by atoms with Crippen LogP contribution >= 0.6 is 0 Å². The van der Waals surface area contributed by atoms with Crippen molar-refractivity contribution in [2.75, 3.05) is 13.2 Å². The molecule has 0 aliphatic carbocycles. The SMILES string of the molecule is CCCCCCCCCCCCCCCCCCCC/C=C/C(O)C(CO)NC(=O)CCCCCCCCCCCC/C=C\C=C/CCCCCOC(=O)CCCCCCCCCCCCCCCCC. The van der Waals surface area contributed by atoms with E-state index in [2.05, 4.69) is 43.5 Å². The van der Waals surface area contributed by atoms with Gasteiger partial charge in [-0.25, -0.2) is 0 Å². The van der Waals surface area contributed by atoms with Gasteiger partial charge >= 0.3 is 5.97 Å². The minimum absolute atomic E-state index is 0.0109. The van der Waals surface area contributed by atoms with Crippen LogP contribution in [0.15, 0.2) is 36.5 Å². The number of allylic oxidation sites excluding steroid dienone is 5. The second kappa shape index (κ2) is 60.6. The number of nitrogens with one attached hydrogen (secondary N) is 1. The zero-order valence-corrected chi connectivity index (χ0v) is 47.7. The van der Waals surface area contributed by atoms with E-state index in [4.69, 9.17) is 4.74 Å². The topological polar surface area (TPSA) is 95.9 Å². The molecule has 2 unspecified atom stereocenters. The molecule has 0 heterocycles. The number of esters is 1. The van der Waals surface area contributed by atoms with Crippen molar-refractivity contribution in [3.05, 3.63) is 36.5 Å². The van der Waals surface area contributed by atoms with Gasteiger partial charge in [0.05, 0.1) is 25.4 Å². The smallest absolute Gasteiger partial charge is 0.305 e. The zero-order chi connectivity index (χ0) is 51.4. The highest BCUT2D eigenvalue weighted by Crippen LogP contribution is 2.17. The summed E-state index contributed by atoms with van der Waals surface area (Å²) in [5.41, 5.74) is 0. The third kappa shape index (κ3) is 57.2. The third-order valence-electron chi connectivity index (χ3n) is 14.7. The standard InChI is InChI=1S/C65H123NO5/c1-3-5-7-9-11-13-15-17-19-20-21-23-26-30-33-37-41-45-49-53-57-63(68)62(61-67)66-64(69)58-54-50-46-42-38-34-31-27-24-22-25-28-32-36-40-44-48-52-56-60-71-65(70)59-55-51-47-43-39-35-29-18-16-14-12-10-8-6-4-2/h28,32,36,40,53,57,62-63,67-68H,3-27,29-31,33-35,37-39,41-52,54-56,58-61H2,1-2H3,(H,66,69)/b32-28-,40-36-,57-53+. The van der Waals surface area contributed by atoms with Gasteiger partial charge in [0.2, 0.25) is 5.91 Å². The Kier molecular flexibility index (Phi) is 59.0. The van der Waals surface area contributed by atoms with Gasteiger partial charge in [-0.2, -0.15) is 0 Å². The van der Waals surface area contributed by atoms with E-state index in [0.717, 1.165) is 77.0 Å². The number of hydrogen-bond donors (Lipinski definition) is 3. The Morgan fingerprint density at radius 1 is 0.394 bits per heavy atom. The zero-order valence-electron chi connectivity index (χ0n) is 47.7. The number of hydrogen-bond acceptors (Lipinski definition) is 5. The largest absolute Gasteiger partial charge is 0.466 e. The molecule has 71 heavy (non-hydrogen) atoms. The molecule has 6 heteroatoms. The summed E-state index contributed by atoms with van der Waals surface area (Å²) in [5, 5.41) is 23.2. The van der Waals surface area contributed by atoms with Crippen LogP contribution in [-0.2, 0) is 14.3 Å². The summed E-state index contributed by atoms with van der Waals surface area (Å²) < 4.78 is 5.46. The van der Waals surface area contributed by atoms with Crippen molar-refractivity contribution in [2.45, 2.75) is 353 Å². The first-order chi connectivity index (χ1) is 35.0. The Hall–Kier alpha value is -1.92. The summed E-state index contributed by atoms with van der Waals surface area (Å²) in [6, 6.07) is -0.637. The van der Waals surface area contributed by atoms with Crippen molar-refractivity contribution in [3.63, 3.8) is 0 Å². The molecule has 0 saturated heterocycles. The number of carbonyl (C=O) groups is 2. The molecule has 0 spiro atoms. The molecule has 0 aromatic carbocycles. The van der Waals surface area contributed by atoms with E-state index < -0.39 is 12.1 Å². The fraction of sp³-hybridized carbons (Fsp3) is 0.877. The highest BCUT2D eigenvalue weighted by atomic mass is 16.5. The molecule has 418 valence electrons. The maximum absolute atomic E-state index is 12.5. The number of amides is 1. The maximum Gasteiger partial charge on any atom is 0.305 e. The second-order valence-electron chi connectivity index (χ2n) is 21.8. The number of unbranched alkanes of at least 4 members (excludes halogenated alkanes) is 45. The van der Waals surface area contributed by atoms with Gasteiger partial charge < -0.3 is 20.3 Å². The number of aliphatic hydroxyl groups excluding tert-OH is 2. The monoisotopic (exact) mass is 998 g/mol. The van der Waals surface area contributed by atoms with Crippen molar-refractivity contribution in [3.8, 4) is 0 Å². The number of ether oxygens (including phenoxy) is 1. The molecule has 2 atom stereocenters. The lowest BCUT2D eigenvalue weighted by atomic mass is 10.0. The highest BCUT2D eigenvalue weighted by molar-refractivity contribution is 5.76. The Bertz CT molecular complexity index is 1150. The van der Waals surface area contributed by atoms with Crippen molar-refractivity contribution in [1.29, 1.82) is 0 Å². The summed E-state index contributed by atoms with van der Waals surface area (Å²) >= 11 is 0. The molecule has 3 N–H and O–H groups in total. The maximum atomic E-state index is 12.5. The van der Waals surface area contributed by atoms with E-state index in [1.807, 2.05) is 6.08 Å². The van der Waals surface area contributed by atoms with Crippen LogP contribution in [0, 0.1) is 0 Å². The summed E-state index contributed by atoms with van der Waals surface area (Å²) in [6.45, 7) is 4.89. The minimum Gasteiger partial charge on any atom is -0.466 e. The molecule has 0 aliphatic heterocycles. The molecule has 0 aromatic rings. The second-order valence-corrected chi connectivity index (χ2v) is 21.8. The van der Waals surface area contributed by atoms with Gasteiger partial charge in [0.15, 0.2) is 0 Å². The van der Waals surface area contributed by atoms with Crippen molar-refractivity contribution >= 4 is 11.9 Å². The van der Waals surface area contributed by atoms with Crippen LogP contribution < -0.4 is 5.32 Å². The van der Waals surface area contributed by atoms with E-state index in [0.29, 0.717) is 19.4 Å². The predicted molar refractivity (Wildman–Crippen MR) is 310 cm³/mol. The van der Waals surface area contributed by atoms with Gasteiger partial charge in [-0.1, -0.05) is 301 Å². The summed E-state index contributed by atoms with van der Waals surface area (Å²) in [6.07, 6.45) is 76.1. The summed E-state index contributed by atoms with van der Waals surface area (Å²) in [5.74, 6) is -0.0862. The Morgan fingerprint density at radius 2 is 0.690 bits per heavy atom. The van der Waals surface area contributed by atoms with Gasteiger partial charge in [-0.15, -0.1) is 0 Å². The summed E-state index contributed by atoms with van der Waals surface area (Å²) in [4.78, 5) is 24.5. The molecule has 6 nitrogen and oxygen atoms in total. The molecule has 1 amide bonds. The molecular weight excluding hydrogens is 875 g/mol. The molecule has 0 aliphatic rings. The fourth-order valence-electron chi connectivity index (χ4n) is 9.80. The van der Waals surface area contributed by atoms with Crippen LogP contribution in [0.4, 0.5) is 0 Å². The molecule has 0 bridgehead atoms. The van der Waals surface area contributed by atoms with Crippen LogP contribution in [0.5, 0.6) is 0 Å². The van der Waals surface area contributed by atoms with Gasteiger partial charge in [0.25, 0.3) is 0 Å². The lowest BCUT2D eigenvalue weighted by molar-refractivity contribution is -0.143. The molecular formula is C65H123NO5. The average molecular weight is 999 g/mol. The average Bonchev–Trinajstić information content (AvgIpc) is 3.37. The number of aliphatic hydroxyl groups is 2. The van der Waals surface area contributed by atoms with E-state index >= 15 is 0 Å². The van der Waals surface area contributed by atoms with Gasteiger partial charge in [0.1, 0.15) is 0 Å². The van der Waals surface area contributed by atoms with Gasteiger partial charge in [-0.05, 0) is 64.2 Å². The van der Waals surface area contributed by atoms with Crippen LogP contribution in [0.2, 0.25) is 0 Å². The number of carbonyl (C=O) groups excluding carboxylic acids is 2. The van der Waals surface area contributed by atoms with Crippen LogP contribution in [0.25, 0.3) is 0 Å². The van der Waals surface area contributed by atoms with E-state index in [1.165, 1.54) is 238 Å². The van der Waals surface area contributed by atoms with Crippen LogP contribution in [0.3, 0.4) is 0 Å². The highest BCUT2D eigenvalue weighted by Gasteiger charge is 2.18. The molecule has 0 radical (unpaired) electrons. The van der Waals surface area contributed by atoms with Crippen LogP contribution in [-0.4, -0.2) is 47.4 Å². The predicted octanol–water partition coefficient (Wildman–Crippen LogP) is 20.0. The Morgan fingerprint density at radius 3 is 1.04 bits per heavy atom. The van der Waals surface area contributed by atoms with E-state index in [1.54, 1.807) is 6.08 Å². The first-order valence-electron chi connectivity index (χ1n) is 31.8. The van der Waals surface area contributed by atoms with Crippen LogP contribution in [0.1, 0.15) is 341 Å². The van der Waals surface area contributed by atoms with Crippen molar-refractivity contribution in [1.82, 2.24) is 5.32 Å². The van der Waals surface area contributed by atoms with E-state index in [-0.39, 0.29) is 18.5 Å². The van der Waals surface area contributed by atoms with Gasteiger partial charge in [0, 0.05) is 12.8 Å².